The van der Waals surface area contributed by atoms with Gasteiger partial charge in [0.05, 0.1) is 0 Å². The summed E-state index contributed by atoms with van der Waals surface area (Å²) in [5.74, 6) is 0. The van der Waals surface area contributed by atoms with Crippen LogP contribution in [0.5, 0.6) is 0 Å². The zero-order valence-corrected chi connectivity index (χ0v) is 11.8. The Morgan fingerprint density at radius 3 is 2.10 bits per heavy atom. The van der Waals surface area contributed by atoms with Crippen LogP contribution in [0.15, 0.2) is 0 Å². The summed E-state index contributed by atoms with van der Waals surface area (Å²) in [6.45, 7) is 4.46. The van der Waals surface area contributed by atoms with Crippen LogP contribution < -0.4 is 0 Å². The molecule has 2 heteroatoms. The minimum absolute atomic E-state index is 1.19. The second kappa shape index (κ2) is 16.6. The van der Waals surface area contributed by atoms with Crippen LogP contribution in [0.3, 0.4) is 0 Å². The summed E-state index contributed by atoms with van der Waals surface area (Å²) in [6, 6.07) is 0. The van der Waals surface area contributed by atoms with Crippen LogP contribution in [0.25, 0.3) is 0 Å². The van der Waals surface area contributed by atoms with Crippen molar-refractivity contribution in [3.63, 3.8) is 0 Å². The second-order valence-corrected chi connectivity index (χ2v) is 2.22. The van der Waals surface area contributed by atoms with Gasteiger partial charge in [0.25, 0.3) is 0 Å². The molecule has 58 valence electrons. The average molecular weight is 259 g/mol. The fourth-order valence-corrected chi connectivity index (χ4v) is 0.697. The Labute approximate surface area is 82.2 Å². The SMILES string of the molecule is CCC[CH-]CCCC.[Zn+][Br]. The molecule has 0 unspecified atom stereocenters. The molecule has 0 bridgehead atoms. The summed E-state index contributed by atoms with van der Waals surface area (Å²) >= 11 is 4.25. The maximum atomic E-state index is 3.06. The van der Waals surface area contributed by atoms with Gasteiger partial charge in [-0.1, -0.05) is 33.1 Å². The van der Waals surface area contributed by atoms with Crippen molar-refractivity contribution < 1.29 is 16.3 Å². The molecule has 0 aromatic carbocycles. The van der Waals surface area contributed by atoms with Crippen molar-refractivity contribution in [2.75, 3.05) is 0 Å². The van der Waals surface area contributed by atoms with Crippen molar-refractivity contribution in [1.82, 2.24) is 0 Å². The van der Waals surface area contributed by atoms with Crippen molar-refractivity contribution in [3.8, 4) is 0 Å². The van der Waals surface area contributed by atoms with Crippen LogP contribution >= 0.6 is 13.6 Å². The summed E-state index contributed by atoms with van der Waals surface area (Å²) in [6.07, 6.45) is 9.04. The predicted molar refractivity (Wildman–Crippen MR) is 47.7 cm³/mol. The molecule has 0 N–H and O–H groups in total. The molecule has 0 aliphatic carbocycles. The van der Waals surface area contributed by atoms with E-state index in [0.717, 1.165) is 0 Å². The van der Waals surface area contributed by atoms with Crippen molar-refractivity contribution in [2.24, 2.45) is 0 Å². The standard InChI is InChI=1S/C8H17.BrH.Zn/c1-3-5-7-8-6-4-2;;/h7H,3-6,8H2,1-2H3;1H;/q-1;;+2/p-1. The second-order valence-electron chi connectivity index (χ2n) is 2.22. The van der Waals surface area contributed by atoms with Gasteiger partial charge in [-0.15, -0.1) is 0 Å². The molecule has 0 spiro atoms. The van der Waals surface area contributed by atoms with Crippen molar-refractivity contribution in [1.29, 1.82) is 0 Å². The Morgan fingerprint density at radius 1 is 1.10 bits per heavy atom. The van der Waals surface area contributed by atoms with Crippen LogP contribution in [0.1, 0.15) is 46.0 Å². The number of rotatable bonds is 5. The third-order valence-corrected chi connectivity index (χ3v) is 1.25. The van der Waals surface area contributed by atoms with Crippen LogP contribution in [-0.4, -0.2) is 0 Å². The first-order valence-corrected chi connectivity index (χ1v) is 10.9. The summed E-state index contributed by atoms with van der Waals surface area (Å²) in [5.41, 5.74) is 0. The van der Waals surface area contributed by atoms with Crippen molar-refractivity contribution in [3.05, 3.63) is 6.42 Å². The first-order chi connectivity index (χ1) is 4.91. The number of unbranched alkanes of at least 4 members (excludes halogenated alkanes) is 5. The molecular weight excluding hydrogens is 241 g/mol. The van der Waals surface area contributed by atoms with Gasteiger partial charge in [-0.25, -0.2) is 0 Å². The summed E-state index contributed by atoms with van der Waals surface area (Å²) in [5, 5.41) is 0. The number of hydrogen-bond donors (Lipinski definition) is 0. The molecule has 0 nitrogen and oxygen atoms in total. The molecule has 0 aliphatic heterocycles. The van der Waals surface area contributed by atoms with E-state index in [0.29, 0.717) is 0 Å². The van der Waals surface area contributed by atoms with E-state index >= 15 is 0 Å². The van der Waals surface area contributed by atoms with Gasteiger partial charge in [-0.05, 0) is 0 Å². The normalized spacial score (nSPS) is 8.50. The first kappa shape index (κ1) is 13.7. The van der Waals surface area contributed by atoms with Gasteiger partial charge in [0.1, 0.15) is 0 Å². The average Bonchev–Trinajstić information content (AvgIpc) is 2.02. The number of hydrogen-bond acceptors (Lipinski definition) is 0. The van der Waals surface area contributed by atoms with Gasteiger partial charge in [0.2, 0.25) is 0 Å². The van der Waals surface area contributed by atoms with Gasteiger partial charge < -0.3 is 6.42 Å². The van der Waals surface area contributed by atoms with Crippen LogP contribution in [0.2, 0.25) is 0 Å². The summed E-state index contributed by atoms with van der Waals surface area (Å²) in [7, 11) is 0. The topological polar surface area (TPSA) is 0 Å². The first-order valence-electron chi connectivity index (χ1n) is 4.00. The van der Waals surface area contributed by atoms with Crippen molar-refractivity contribution in [2.45, 2.75) is 46.0 Å². The fraction of sp³-hybridized carbons (Fsp3) is 0.875. The molecule has 10 heavy (non-hydrogen) atoms. The van der Waals surface area contributed by atoms with E-state index < -0.39 is 0 Å². The van der Waals surface area contributed by atoms with Gasteiger partial charge >= 0.3 is 30.0 Å². The fourth-order valence-electron chi connectivity index (χ4n) is 0.697. The maximum absolute atomic E-state index is 3.06. The van der Waals surface area contributed by atoms with Gasteiger partial charge in [-0.2, -0.15) is 12.8 Å². The zero-order chi connectivity index (χ0) is 8.24. The molecule has 0 saturated heterocycles. The molecule has 0 aromatic rings. The van der Waals surface area contributed by atoms with E-state index in [9.17, 15) is 0 Å². The minimum atomic E-state index is 1.19. The van der Waals surface area contributed by atoms with E-state index in [1.807, 2.05) is 0 Å². The molecule has 0 radical (unpaired) electrons. The third kappa shape index (κ3) is 16.0. The molecule has 0 aromatic heterocycles. The third-order valence-electron chi connectivity index (χ3n) is 1.25. The van der Waals surface area contributed by atoms with Gasteiger partial charge in [-0.3, -0.25) is 0 Å². The van der Waals surface area contributed by atoms with Gasteiger partial charge in [0, 0.05) is 0 Å². The molecule has 0 saturated carbocycles. The Balaban J connectivity index is 0. The van der Waals surface area contributed by atoms with E-state index in [1.54, 1.807) is 0 Å². The van der Waals surface area contributed by atoms with Gasteiger partial charge in [0.15, 0.2) is 0 Å². The molecule has 0 aliphatic rings. The summed E-state index contributed by atoms with van der Waals surface area (Å²) < 4.78 is 0. The van der Waals surface area contributed by atoms with E-state index in [2.05, 4.69) is 33.9 Å². The Hall–Kier alpha value is 1.10. The van der Waals surface area contributed by atoms with Crippen LogP contribution in [0.4, 0.5) is 0 Å². The quantitative estimate of drug-likeness (QED) is 0.397. The van der Waals surface area contributed by atoms with Crippen LogP contribution in [0, 0.1) is 6.42 Å². The monoisotopic (exact) mass is 256 g/mol. The molecule has 0 fully saturated rings. The predicted octanol–water partition coefficient (Wildman–Crippen LogP) is 4.02. The Bertz CT molecular complexity index is 34.2. The molecule has 0 atom stereocenters. The zero-order valence-electron chi connectivity index (χ0n) is 7.20. The van der Waals surface area contributed by atoms with E-state index in [1.165, 1.54) is 48.4 Å². The van der Waals surface area contributed by atoms with E-state index in [-0.39, 0.29) is 0 Å². The Morgan fingerprint density at radius 2 is 1.70 bits per heavy atom. The number of halogens is 1. The molecule has 0 rings (SSSR count). The Kier molecular flexibility index (Phi) is 22.7. The molecule has 0 amide bonds. The van der Waals surface area contributed by atoms with Crippen LogP contribution in [-0.2, 0) is 16.3 Å². The summed E-state index contributed by atoms with van der Waals surface area (Å²) in [4.78, 5) is 0. The van der Waals surface area contributed by atoms with E-state index in [4.69, 9.17) is 0 Å². The molecule has 0 heterocycles. The van der Waals surface area contributed by atoms with Crippen molar-refractivity contribution >= 4 is 13.6 Å². The molecular formula is C8H17BrZn.